The Morgan fingerprint density at radius 1 is 1.06 bits per heavy atom. The summed E-state index contributed by atoms with van der Waals surface area (Å²) in [5.74, 6) is 1.43. The first-order chi connectivity index (χ1) is 8.51. The van der Waals surface area contributed by atoms with Crippen molar-refractivity contribution in [3.05, 3.63) is 26.6 Å². The minimum absolute atomic E-state index is 0.171. The number of hydrogen-bond acceptors (Lipinski definition) is 3. The number of hydrogen-bond donors (Lipinski definition) is 1. The minimum atomic E-state index is 0.171. The van der Waals surface area contributed by atoms with E-state index in [9.17, 15) is 5.11 Å². The van der Waals surface area contributed by atoms with Crippen molar-refractivity contribution in [3.8, 4) is 17.2 Å². The number of rotatable bonds is 2. The average Bonchev–Trinajstić information content (AvgIpc) is 2.41. The highest BCUT2D eigenvalue weighted by atomic mass is 79.9. The third kappa shape index (κ3) is 1.95. The molecule has 2 rings (SSSR count). The SMILES string of the molecule is COc1cc(OC)c2c(O)c(Br)c(C)c(Br)c2c1. The quantitative estimate of drug-likeness (QED) is 0.845. The van der Waals surface area contributed by atoms with Gasteiger partial charge in [0.15, 0.2) is 0 Å². The fraction of sp³-hybridized carbons (Fsp3) is 0.231. The van der Waals surface area contributed by atoms with E-state index in [-0.39, 0.29) is 5.75 Å². The van der Waals surface area contributed by atoms with Crippen molar-refractivity contribution in [2.24, 2.45) is 0 Å². The standard InChI is InChI=1S/C13H12Br2O3/c1-6-11(14)8-4-7(17-2)5-9(18-3)10(8)13(16)12(6)15/h4-5,16H,1-3H3. The molecule has 0 spiro atoms. The Morgan fingerprint density at radius 2 is 1.72 bits per heavy atom. The van der Waals surface area contributed by atoms with E-state index in [1.165, 1.54) is 0 Å². The molecule has 0 aromatic heterocycles. The van der Waals surface area contributed by atoms with Crippen LogP contribution in [0.5, 0.6) is 17.2 Å². The van der Waals surface area contributed by atoms with Crippen molar-refractivity contribution in [1.82, 2.24) is 0 Å². The van der Waals surface area contributed by atoms with Gasteiger partial charge in [-0.2, -0.15) is 0 Å². The Kier molecular flexibility index (Phi) is 3.73. The van der Waals surface area contributed by atoms with Crippen LogP contribution in [0.3, 0.4) is 0 Å². The maximum atomic E-state index is 10.3. The number of phenolic OH excluding ortho intramolecular Hbond substituents is 1. The molecule has 0 radical (unpaired) electrons. The fourth-order valence-electron chi connectivity index (χ4n) is 1.87. The molecule has 1 N–H and O–H groups in total. The van der Waals surface area contributed by atoms with Crippen LogP contribution >= 0.6 is 31.9 Å². The van der Waals surface area contributed by atoms with Gasteiger partial charge in [-0.05, 0) is 50.4 Å². The number of aromatic hydroxyl groups is 1. The summed E-state index contributed by atoms with van der Waals surface area (Å²) in [4.78, 5) is 0. The molecule has 0 saturated heterocycles. The number of ether oxygens (including phenoxy) is 2. The van der Waals surface area contributed by atoms with Gasteiger partial charge in [-0.15, -0.1) is 0 Å². The van der Waals surface area contributed by atoms with E-state index >= 15 is 0 Å². The van der Waals surface area contributed by atoms with Crippen molar-refractivity contribution >= 4 is 42.6 Å². The zero-order valence-corrected chi connectivity index (χ0v) is 13.3. The smallest absolute Gasteiger partial charge is 0.141 e. The van der Waals surface area contributed by atoms with E-state index in [0.29, 0.717) is 21.4 Å². The van der Waals surface area contributed by atoms with Crippen LogP contribution in [0.4, 0.5) is 0 Å². The molecule has 96 valence electrons. The number of phenols is 1. The average molecular weight is 376 g/mol. The van der Waals surface area contributed by atoms with Gasteiger partial charge in [0.1, 0.15) is 17.2 Å². The van der Waals surface area contributed by atoms with Gasteiger partial charge in [-0.25, -0.2) is 0 Å². The second kappa shape index (κ2) is 4.97. The Bertz CT molecular complexity index is 624. The van der Waals surface area contributed by atoms with E-state index in [1.54, 1.807) is 20.3 Å². The Morgan fingerprint density at radius 3 is 2.28 bits per heavy atom. The summed E-state index contributed by atoms with van der Waals surface area (Å²) < 4.78 is 12.1. The maximum Gasteiger partial charge on any atom is 0.141 e. The molecule has 0 amide bonds. The predicted molar refractivity (Wildman–Crippen MR) is 78.9 cm³/mol. The third-order valence-corrected chi connectivity index (χ3v) is 4.86. The molecule has 5 heteroatoms. The van der Waals surface area contributed by atoms with E-state index in [4.69, 9.17) is 9.47 Å². The van der Waals surface area contributed by atoms with Crippen molar-refractivity contribution in [1.29, 1.82) is 0 Å². The normalized spacial score (nSPS) is 10.7. The first-order valence-electron chi connectivity index (χ1n) is 5.23. The summed E-state index contributed by atoms with van der Waals surface area (Å²) in [6.45, 7) is 1.92. The van der Waals surface area contributed by atoms with Gasteiger partial charge in [0, 0.05) is 15.9 Å². The molecule has 18 heavy (non-hydrogen) atoms. The van der Waals surface area contributed by atoms with E-state index in [2.05, 4.69) is 31.9 Å². The van der Waals surface area contributed by atoms with E-state index in [0.717, 1.165) is 15.4 Å². The lowest BCUT2D eigenvalue weighted by Crippen LogP contribution is -1.92. The van der Waals surface area contributed by atoms with Crippen LogP contribution < -0.4 is 9.47 Å². The second-order valence-corrected chi connectivity index (χ2v) is 5.44. The van der Waals surface area contributed by atoms with Gasteiger partial charge in [-0.1, -0.05) is 0 Å². The summed E-state index contributed by atoms with van der Waals surface area (Å²) in [5, 5.41) is 11.8. The van der Waals surface area contributed by atoms with Crippen LogP contribution in [0.15, 0.2) is 21.1 Å². The summed E-state index contributed by atoms with van der Waals surface area (Å²) in [6.07, 6.45) is 0. The maximum absolute atomic E-state index is 10.3. The zero-order chi connectivity index (χ0) is 13.4. The molecular formula is C13H12Br2O3. The Balaban J connectivity index is 3.00. The Hall–Kier alpha value is -0.940. The van der Waals surface area contributed by atoms with Gasteiger partial charge in [0.2, 0.25) is 0 Å². The molecule has 0 aliphatic rings. The number of halogens is 2. The van der Waals surface area contributed by atoms with Crippen molar-refractivity contribution < 1.29 is 14.6 Å². The van der Waals surface area contributed by atoms with Crippen LogP contribution in [0.2, 0.25) is 0 Å². The van der Waals surface area contributed by atoms with Gasteiger partial charge in [-0.3, -0.25) is 0 Å². The molecule has 2 aromatic rings. The summed E-state index contributed by atoms with van der Waals surface area (Å²) in [5.41, 5.74) is 0.926. The predicted octanol–water partition coefficient (Wildman–Crippen LogP) is 4.40. The summed E-state index contributed by atoms with van der Waals surface area (Å²) >= 11 is 6.92. The van der Waals surface area contributed by atoms with Gasteiger partial charge >= 0.3 is 0 Å². The summed E-state index contributed by atoms with van der Waals surface area (Å²) in [6, 6.07) is 3.61. The van der Waals surface area contributed by atoms with E-state index in [1.807, 2.05) is 13.0 Å². The molecule has 2 aromatic carbocycles. The molecule has 3 nitrogen and oxygen atoms in total. The molecule has 0 heterocycles. The number of methoxy groups -OCH3 is 2. The highest BCUT2D eigenvalue weighted by Crippen LogP contribution is 2.46. The van der Waals surface area contributed by atoms with E-state index < -0.39 is 0 Å². The first kappa shape index (κ1) is 13.5. The summed E-state index contributed by atoms with van der Waals surface area (Å²) in [7, 11) is 3.16. The molecule has 0 bridgehead atoms. The van der Waals surface area contributed by atoms with Crippen LogP contribution in [-0.4, -0.2) is 19.3 Å². The number of benzene rings is 2. The Labute approximate surface area is 122 Å². The van der Waals surface area contributed by atoms with Gasteiger partial charge < -0.3 is 14.6 Å². The molecular weight excluding hydrogens is 364 g/mol. The van der Waals surface area contributed by atoms with Gasteiger partial charge in [0.25, 0.3) is 0 Å². The molecule has 0 atom stereocenters. The highest BCUT2D eigenvalue weighted by molar-refractivity contribution is 9.11. The van der Waals surface area contributed by atoms with Crippen molar-refractivity contribution in [3.63, 3.8) is 0 Å². The molecule has 0 saturated carbocycles. The fourth-order valence-corrected chi connectivity index (χ4v) is 3.05. The number of fused-ring (bicyclic) bond motifs is 1. The molecule has 0 fully saturated rings. The van der Waals surface area contributed by atoms with Crippen molar-refractivity contribution in [2.45, 2.75) is 6.92 Å². The third-order valence-electron chi connectivity index (χ3n) is 2.87. The lowest BCUT2D eigenvalue weighted by atomic mass is 10.0. The molecule has 0 aliphatic heterocycles. The molecule has 0 unspecified atom stereocenters. The lowest BCUT2D eigenvalue weighted by Gasteiger charge is -2.14. The minimum Gasteiger partial charge on any atom is -0.506 e. The van der Waals surface area contributed by atoms with Crippen LogP contribution in [0.25, 0.3) is 10.8 Å². The largest absolute Gasteiger partial charge is 0.506 e. The first-order valence-corrected chi connectivity index (χ1v) is 6.82. The lowest BCUT2D eigenvalue weighted by molar-refractivity contribution is 0.396. The second-order valence-electron chi connectivity index (χ2n) is 3.85. The van der Waals surface area contributed by atoms with Crippen molar-refractivity contribution in [2.75, 3.05) is 14.2 Å². The highest BCUT2D eigenvalue weighted by Gasteiger charge is 2.18. The van der Waals surface area contributed by atoms with Crippen LogP contribution in [0.1, 0.15) is 5.56 Å². The van der Waals surface area contributed by atoms with Crippen LogP contribution in [0, 0.1) is 6.92 Å². The van der Waals surface area contributed by atoms with Crippen LogP contribution in [-0.2, 0) is 0 Å². The monoisotopic (exact) mass is 374 g/mol. The molecule has 0 aliphatic carbocycles. The topological polar surface area (TPSA) is 38.7 Å². The van der Waals surface area contributed by atoms with Gasteiger partial charge in [0.05, 0.1) is 24.1 Å². The zero-order valence-electron chi connectivity index (χ0n) is 10.2.